The SMILES string of the molecule is Cc1nnc(CN2C[C@H](NC(=O)C3CCOCC3)[C@@H](C(C)C)C2)s1. The van der Waals surface area contributed by atoms with Gasteiger partial charge in [0.05, 0.1) is 6.54 Å². The second-order valence-electron chi connectivity index (χ2n) is 7.32. The second-order valence-corrected chi connectivity index (χ2v) is 8.58. The maximum atomic E-state index is 12.6. The van der Waals surface area contributed by atoms with E-state index in [0.717, 1.165) is 42.5 Å². The number of aryl methyl sites for hydroxylation is 1. The van der Waals surface area contributed by atoms with E-state index in [9.17, 15) is 4.79 Å². The van der Waals surface area contributed by atoms with Crippen LogP contribution in [0.1, 0.15) is 36.7 Å². The van der Waals surface area contributed by atoms with Gasteiger partial charge >= 0.3 is 0 Å². The number of ether oxygens (including phenoxy) is 1. The summed E-state index contributed by atoms with van der Waals surface area (Å²) in [7, 11) is 0. The Labute approximate surface area is 148 Å². The molecule has 6 nitrogen and oxygen atoms in total. The largest absolute Gasteiger partial charge is 0.381 e. The number of likely N-dealkylation sites (tertiary alicyclic amines) is 1. The highest BCUT2D eigenvalue weighted by Gasteiger charge is 2.37. The Morgan fingerprint density at radius 3 is 2.71 bits per heavy atom. The highest BCUT2D eigenvalue weighted by Crippen LogP contribution is 2.27. The van der Waals surface area contributed by atoms with E-state index in [1.165, 1.54) is 0 Å². The summed E-state index contributed by atoms with van der Waals surface area (Å²) in [4.78, 5) is 15.0. The normalized spacial score (nSPS) is 26.2. The van der Waals surface area contributed by atoms with Crippen molar-refractivity contribution >= 4 is 17.2 Å². The van der Waals surface area contributed by atoms with Gasteiger partial charge in [0.1, 0.15) is 10.0 Å². The molecule has 7 heteroatoms. The second kappa shape index (κ2) is 7.89. The zero-order chi connectivity index (χ0) is 17.1. The van der Waals surface area contributed by atoms with Crippen molar-refractivity contribution in [1.82, 2.24) is 20.4 Å². The molecule has 1 amide bonds. The maximum Gasteiger partial charge on any atom is 0.223 e. The van der Waals surface area contributed by atoms with Gasteiger partial charge in [-0.05, 0) is 31.6 Å². The van der Waals surface area contributed by atoms with Crippen LogP contribution in [0.3, 0.4) is 0 Å². The average Bonchev–Trinajstić information content (AvgIpc) is 3.15. The summed E-state index contributed by atoms with van der Waals surface area (Å²) in [5, 5.41) is 13.7. The van der Waals surface area contributed by atoms with Crippen LogP contribution in [-0.4, -0.2) is 53.3 Å². The maximum absolute atomic E-state index is 12.6. The van der Waals surface area contributed by atoms with E-state index in [2.05, 4.69) is 34.3 Å². The number of nitrogens with one attached hydrogen (secondary N) is 1. The molecule has 0 saturated carbocycles. The van der Waals surface area contributed by atoms with Crippen LogP contribution in [0, 0.1) is 24.7 Å². The molecule has 3 rings (SSSR count). The van der Waals surface area contributed by atoms with E-state index in [1.54, 1.807) is 11.3 Å². The van der Waals surface area contributed by atoms with Crippen molar-refractivity contribution in [2.45, 2.75) is 46.2 Å². The van der Waals surface area contributed by atoms with Crippen molar-refractivity contribution in [2.24, 2.45) is 17.8 Å². The lowest BCUT2D eigenvalue weighted by molar-refractivity contribution is -0.128. The van der Waals surface area contributed by atoms with Crippen LogP contribution in [-0.2, 0) is 16.1 Å². The van der Waals surface area contributed by atoms with E-state index in [4.69, 9.17) is 4.74 Å². The number of nitrogens with zero attached hydrogens (tertiary/aromatic N) is 3. The molecule has 1 aromatic heterocycles. The van der Waals surface area contributed by atoms with Gasteiger partial charge in [0.15, 0.2) is 0 Å². The van der Waals surface area contributed by atoms with Crippen molar-refractivity contribution in [3.63, 3.8) is 0 Å². The molecule has 2 fully saturated rings. The van der Waals surface area contributed by atoms with Crippen molar-refractivity contribution in [2.75, 3.05) is 26.3 Å². The molecule has 0 aromatic carbocycles. The zero-order valence-corrected chi connectivity index (χ0v) is 15.6. The number of hydrogen-bond donors (Lipinski definition) is 1. The Kier molecular flexibility index (Phi) is 5.84. The number of rotatable bonds is 5. The lowest BCUT2D eigenvalue weighted by Crippen LogP contribution is -2.45. The fourth-order valence-corrected chi connectivity index (χ4v) is 4.48. The fraction of sp³-hybridized carbons (Fsp3) is 0.824. The molecule has 1 N–H and O–H groups in total. The lowest BCUT2D eigenvalue weighted by atomic mass is 9.90. The molecular formula is C17H28N4O2S. The van der Waals surface area contributed by atoms with Crippen LogP contribution in [0.15, 0.2) is 0 Å². The van der Waals surface area contributed by atoms with Gasteiger partial charge in [0.2, 0.25) is 5.91 Å². The number of aromatic nitrogens is 2. The Balaban J connectivity index is 1.59. The summed E-state index contributed by atoms with van der Waals surface area (Å²) in [6, 6.07) is 0.231. The molecule has 0 bridgehead atoms. The van der Waals surface area contributed by atoms with Gasteiger partial charge in [-0.3, -0.25) is 9.69 Å². The first-order valence-electron chi connectivity index (χ1n) is 8.92. The molecule has 2 aliphatic rings. The molecule has 2 atom stereocenters. The molecule has 0 aliphatic carbocycles. The quantitative estimate of drug-likeness (QED) is 0.876. The van der Waals surface area contributed by atoms with Gasteiger partial charge in [0, 0.05) is 38.3 Å². The summed E-state index contributed by atoms with van der Waals surface area (Å²) in [5.74, 6) is 1.36. The van der Waals surface area contributed by atoms with Crippen LogP contribution in [0.5, 0.6) is 0 Å². The molecule has 24 heavy (non-hydrogen) atoms. The molecule has 0 unspecified atom stereocenters. The van der Waals surface area contributed by atoms with Gasteiger partial charge in [-0.25, -0.2) is 0 Å². The molecular weight excluding hydrogens is 324 g/mol. The van der Waals surface area contributed by atoms with Crippen LogP contribution >= 0.6 is 11.3 Å². The van der Waals surface area contributed by atoms with Crippen molar-refractivity contribution < 1.29 is 9.53 Å². The minimum Gasteiger partial charge on any atom is -0.381 e. The number of hydrogen-bond acceptors (Lipinski definition) is 6. The summed E-state index contributed by atoms with van der Waals surface area (Å²) in [6.45, 7) is 10.6. The third kappa shape index (κ3) is 4.32. The van der Waals surface area contributed by atoms with Gasteiger partial charge in [-0.15, -0.1) is 21.5 Å². The Hall–Kier alpha value is -1.05. The molecule has 0 spiro atoms. The smallest absolute Gasteiger partial charge is 0.223 e. The van der Waals surface area contributed by atoms with Gasteiger partial charge in [-0.2, -0.15) is 0 Å². The first-order valence-corrected chi connectivity index (χ1v) is 9.74. The lowest BCUT2D eigenvalue weighted by Gasteiger charge is -2.27. The summed E-state index contributed by atoms with van der Waals surface area (Å²) >= 11 is 1.66. The Bertz CT molecular complexity index is 557. The van der Waals surface area contributed by atoms with E-state index >= 15 is 0 Å². The summed E-state index contributed by atoms with van der Waals surface area (Å²) < 4.78 is 5.36. The van der Waals surface area contributed by atoms with E-state index in [0.29, 0.717) is 25.0 Å². The first-order chi connectivity index (χ1) is 11.5. The number of carbonyl (C=O) groups is 1. The van der Waals surface area contributed by atoms with Crippen molar-refractivity contribution in [1.29, 1.82) is 0 Å². The Morgan fingerprint density at radius 2 is 2.08 bits per heavy atom. The first kappa shape index (κ1) is 17.8. The topological polar surface area (TPSA) is 67.4 Å². The number of carbonyl (C=O) groups excluding carboxylic acids is 1. The van der Waals surface area contributed by atoms with Crippen LogP contribution < -0.4 is 5.32 Å². The molecule has 1 aromatic rings. The number of amides is 1. The third-order valence-corrected chi connectivity index (χ3v) is 5.97. The van der Waals surface area contributed by atoms with Gasteiger partial charge in [0.25, 0.3) is 0 Å². The van der Waals surface area contributed by atoms with Gasteiger partial charge in [-0.1, -0.05) is 13.8 Å². The minimum absolute atomic E-state index is 0.117. The van der Waals surface area contributed by atoms with Crippen LogP contribution in [0.4, 0.5) is 0 Å². The van der Waals surface area contributed by atoms with E-state index < -0.39 is 0 Å². The highest BCUT2D eigenvalue weighted by atomic mass is 32.1. The van der Waals surface area contributed by atoms with E-state index in [-0.39, 0.29) is 17.9 Å². The fourth-order valence-electron chi connectivity index (χ4n) is 3.72. The molecule has 2 aliphatic heterocycles. The highest BCUT2D eigenvalue weighted by molar-refractivity contribution is 7.11. The van der Waals surface area contributed by atoms with Crippen LogP contribution in [0.25, 0.3) is 0 Å². The average molecular weight is 353 g/mol. The standard InChI is InChI=1S/C17H28N4O2S/c1-11(2)14-8-21(10-16-20-19-12(3)24-16)9-15(14)18-17(22)13-4-6-23-7-5-13/h11,13-15H,4-10H2,1-3H3,(H,18,22)/t14-,15+/m1/s1. The monoisotopic (exact) mass is 352 g/mol. The van der Waals surface area contributed by atoms with Gasteiger partial charge < -0.3 is 10.1 Å². The molecule has 2 saturated heterocycles. The molecule has 134 valence electrons. The van der Waals surface area contributed by atoms with Crippen LogP contribution in [0.2, 0.25) is 0 Å². The predicted molar refractivity (Wildman–Crippen MR) is 93.7 cm³/mol. The van der Waals surface area contributed by atoms with Crippen molar-refractivity contribution in [3.05, 3.63) is 10.0 Å². The minimum atomic E-state index is 0.117. The molecule has 0 radical (unpaired) electrons. The summed E-state index contributed by atoms with van der Waals surface area (Å²) in [6.07, 6.45) is 1.69. The molecule has 3 heterocycles. The van der Waals surface area contributed by atoms with E-state index in [1.807, 2.05) is 6.92 Å². The summed E-state index contributed by atoms with van der Waals surface area (Å²) in [5.41, 5.74) is 0. The Morgan fingerprint density at radius 1 is 1.33 bits per heavy atom. The zero-order valence-electron chi connectivity index (χ0n) is 14.8. The third-order valence-electron chi connectivity index (χ3n) is 5.14. The van der Waals surface area contributed by atoms with Crippen molar-refractivity contribution in [3.8, 4) is 0 Å². The predicted octanol–water partition coefficient (Wildman–Crippen LogP) is 1.85.